The van der Waals surface area contributed by atoms with Gasteiger partial charge in [-0.05, 0) is 50.1 Å². The number of carbonyl (C=O) groups is 4. The molecule has 1 saturated carbocycles. The zero-order valence-electron chi connectivity index (χ0n) is 26.0. The Balaban J connectivity index is 1.41. The molecule has 10 nitrogen and oxygen atoms in total. The molecule has 0 saturated heterocycles. The Hall–Kier alpha value is -4.47. The third-order valence-electron chi connectivity index (χ3n) is 8.23. The lowest BCUT2D eigenvalue weighted by Crippen LogP contribution is -2.47. The number of urea groups is 1. The van der Waals surface area contributed by atoms with E-state index in [2.05, 4.69) is 5.32 Å². The van der Waals surface area contributed by atoms with E-state index in [0.29, 0.717) is 18.0 Å². The summed E-state index contributed by atoms with van der Waals surface area (Å²) in [4.78, 5) is 54.1. The number of hydrogen-bond donors (Lipinski definition) is 1. The summed E-state index contributed by atoms with van der Waals surface area (Å²) in [6, 6.07) is 14.4. The van der Waals surface area contributed by atoms with Crippen LogP contribution in [0.2, 0.25) is 0 Å². The van der Waals surface area contributed by atoms with Crippen LogP contribution in [-0.2, 0) is 25.7 Å². The van der Waals surface area contributed by atoms with Crippen LogP contribution in [0.4, 0.5) is 16.2 Å². The molecule has 0 radical (unpaired) electrons. The highest BCUT2D eigenvalue weighted by Gasteiger charge is 2.36. The fourth-order valence-electron chi connectivity index (χ4n) is 5.81. The van der Waals surface area contributed by atoms with E-state index in [1.54, 1.807) is 23.8 Å². The van der Waals surface area contributed by atoms with E-state index < -0.39 is 17.4 Å². The van der Waals surface area contributed by atoms with Crippen LogP contribution in [-0.4, -0.2) is 58.7 Å². The number of hydrazone groups is 1. The molecule has 10 heteroatoms. The summed E-state index contributed by atoms with van der Waals surface area (Å²) in [5.74, 6) is -0.668. The van der Waals surface area contributed by atoms with Crippen molar-refractivity contribution in [3.05, 3.63) is 60.3 Å². The second-order valence-corrected chi connectivity index (χ2v) is 12.5. The smallest absolute Gasteiger partial charge is 0.345 e. The van der Waals surface area contributed by atoms with Crippen LogP contribution in [0.3, 0.4) is 0 Å². The minimum Gasteiger partial charge on any atom is -0.465 e. The number of rotatable bonds is 9. The predicted molar refractivity (Wildman–Crippen MR) is 171 cm³/mol. The second-order valence-electron chi connectivity index (χ2n) is 12.5. The Morgan fingerprint density at radius 3 is 2.45 bits per heavy atom. The number of ketones is 1. The first-order valence-electron chi connectivity index (χ1n) is 15.4. The van der Waals surface area contributed by atoms with E-state index in [-0.39, 0.29) is 37.3 Å². The molecule has 1 N–H and O–H groups in total. The van der Waals surface area contributed by atoms with E-state index >= 15 is 0 Å². The maximum absolute atomic E-state index is 14.1. The van der Waals surface area contributed by atoms with Gasteiger partial charge >= 0.3 is 12.0 Å². The Morgan fingerprint density at radius 2 is 1.73 bits per heavy atom. The first-order chi connectivity index (χ1) is 21.0. The van der Waals surface area contributed by atoms with Crippen LogP contribution in [0.5, 0.6) is 0 Å². The van der Waals surface area contributed by atoms with Gasteiger partial charge in [-0.25, -0.2) is 9.80 Å². The third kappa shape index (κ3) is 6.85. The van der Waals surface area contributed by atoms with Gasteiger partial charge in [-0.15, -0.1) is 0 Å². The van der Waals surface area contributed by atoms with Crippen molar-refractivity contribution < 1.29 is 23.9 Å². The predicted octanol–water partition coefficient (Wildman–Crippen LogP) is 5.98. The Labute approximate surface area is 258 Å². The number of para-hydroxylation sites is 1. The number of carbonyl (C=O) groups excluding carboxylic acids is 4. The van der Waals surface area contributed by atoms with Crippen LogP contribution >= 0.6 is 0 Å². The molecule has 1 aliphatic heterocycles. The van der Waals surface area contributed by atoms with E-state index in [0.717, 1.165) is 47.9 Å². The zero-order valence-corrected chi connectivity index (χ0v) is 26.0. The Bertz CT molecular complexity index is 1590. The molecule has 5 rings (SSSR count). The van der Waals surface area contributed by atoms with Gasteiger partial charge < -0.3 is 14.6 Å². The fraction of sp³-hybridized carbons (Fsp3) is 0.441. The minimum atomic E-state index is -0.648. The largest absolute Gasteiger partial charge is 0.465 e. The summed E-state index contributed by atoms with van der Waals surface area (Å²) in [5, 5.41) is 9.82. The first-order valence-corrected chi connectivity index (χ1v) is 15.4. The van der Waals surface area contributed by atoms with E-state index in [1.165, 1.54) is 16.3 Å². The molecule has 3 amide bonds. The number of aromatic nitrogens is 1. The van der Waals surface area contributed by atoms with Crippen molar-refractivity contribution in [2.45, 2.75) is 66.3 Å². The van der Waals surface area contributed by atoms with Crippen molar-refractivity contribution in [1.29, 1.82) is 0 Å². The Morgan fingerprint density at radius 1 is 0.977 bits per heavy atom. The van der Waals surface area contributed by atoms with Crippen LogP contribution in [0.1, 0.15) is 65.4 Å². The van der Waals surface area contributed by atoms with Gasteiger partial charge in [-0.1, -0.05) is 58.2 Å². The molecule has 2 aliphatic rings. The molecule has 0 spiro atoms. The molecule has 2 aromatic carbocycles. The fourth-order valence-corrected chi connectivity index (χ4v) is 5.81. The first kappa shape index (κ1) is 31.0. The van der Waals surface area contributed by atoms with Crippen molar-refractivity contribution in [2.24, 2.45) is 16.4 Å². The zero-order chi connectivity index (χ0) is 31.4. The van der Waals surface area contributed by atoms with Crippen LogP contribution in [0.25, 0.3) is 10.9 Å². The summed E-state index contributed by atoms with van der Waals surface area (Å²) in [7, 11) is 0. The number of nitrogens with zero attached hydrogens (tertiary/aromatic N) is 4. The monoisotopic (exact) mass is 599 g/mol. The van der Waals surface area contributed by atoms with Gasteiger partial charge in [0.25, 0.3) is 0 Å². The average molecular weight is 600 g/mol. The molecule has 2 heterocycles. The number of Topliss-reactive ketones (excluding diaryl/α,β-unsaturated/α-hetero) is 1. The molecule has 1 aliphatic carbocycles. The lowest BCUT2D eigenvalue weighted by atomic mass is 9.83. The number of benzene rings is 2. The standard InChI is InChI=1S/C34H41N5O5/c1-5-44-31(42)22-37-18-17-24-19-25(15-16-27(24)37)35-30(41)21-39-33(43)38(20-29(40)34(2,3)4)28-14-10-9-13-26(28)32(36-39)23-11-7-6-8-12-23/h9-10,13-19,23H,5-8,11-12,20-22H2,1-4H3,(H,35,41). The van der Waals surface area contributed by atoms with Gasteiger partial charge in [0.15, 0.2) is 5.78 Å². The minimum absolute atomic E-state index is 0.0885. The highest BCUT2D eigenvalue weighted by Crippen LogP contribution is 2.34. The summed E-state index contributed by atoms with van der Waals surface area (Å²) in [6.45, 7) is 7.25. The highest BCUT2D eigenvalue weighted by atomic mass is 16.5. The van der Waals surface area contributed by atoms with E-state index in [9.17, 15) is 19.2 Å². The molecule has 1 fully saturated rings. The molecular formula is C34H41N5O5. The third-order valence-corrected chi connectivity index (χ3v) is 8.23. The molecule has 232 valence electrons. The lowest BCUT2D eigenvalue weighted by Gasteiger charge is -2.28. The molecule has 0 unspecified atom stereocenters. The van der Waals surface area contributed by atoms with Gasteiger partial charge in [0, 0.05) is 39.7 Å². The van der Waals surface area contributed by atoms with Crippen molar-refractivity contribution in [3.63, 3.8) is 0 Å². The average Bonchev–Trinajstić information content (AvgIpc) is 3.34. The number of amides is 3. The van der Waals surface area contributed by atoms with Crippen LogP contribution < -0.4 is 10.2 Å². The van der Waals surface area contributed by atoms with Crippen molar-refractivity contribution in [1.82, 2.24) is 9.58 Å². The van der Waals surface area contributed by atoms with Crippen molar-refractivity contribution in [2.75, 3.05) is 29.9 Å². The van der Waals surface area contributed by atoms with Gasteiger partial charge in [-0.2, -0.15) is 5.10 Å². The molecule has 0 atom stereocenters. The molecule has 3 aromatic rings. The summed E-state index contributed by atoms with van der Waals surface area (Å²) < 4.78 is 6.85. The molecule has 44 heavy (non-hydrogen) atoms. The summed E-state index contributed by atoms with van der Waals surface area (Å²) in [5.41, 5.74) is 2.99. The van der Waals surface area contributed by atoms with Crippen LogP contribution in [0, 0.1) is 11.3 Å². The SMILES string of the molecule is CCOC(=O)Cn1ccc2cc(NC(=O)CN3N=C(C4CCCCC4)c4ccccc4N(CC(=O)C(C)(C)C)C3=O)ccc21. The van der Waals surface area contributed by atoms with Gasteiger partial charge in [-0.3, -0.25) is 19.3 Å². The topological polar surface area (TPSA) is 113 Å². The molecule has 0 bridgehead atoms. The Kier molecular flexibility index (Phi) is 9.17. The lowest BCUT2D eigenvalue weighted by molar-refractivity contribution is -0.143. The number of nitrogens with one attached hydrogen (secondary N) is 1. The van der Waals surface area contributed by atoms with Gasteiger partial charge in [0.05, 0.1) is 24.6 Å². The van der Waals surface area contributed by atoms with E-state index in [4.69, 9.17) is 9.84 Å². The molecular weight excluding hydrogens is 558 g/mol. The number of fused-ring (bicyclic) bond motifs is 2. The number of hydrogen-bond acceptors (Lipinski definition) is 6. The second kappa shape index (κ2) is 13.0. The number of anilines is 2. The van der Waals surface area contributed by atoms with E-state index in [1.807, 2.05) is 63.2 Å². The maximum atomic E-state index is 14.1. The quantitative estimate of drug-likeness (QED) is 0.304. The number of ether oxygens (including phenoxy) is 1. The van der Waals surface area contributed by atoms with Gasteiger partial charge in [0.2, 0.25) is 5.91 Å². The van der Waals surface area contributed by atoms with Crippen LogP contribution in [0.15, 0.2) is 59.8 Å². The van der Waals surface area contributed by atoms with Gasteiger partial charge in [0.1, 0.15) is 13.1 Å². The maximum Gasteiger partial charge on any atom is 0.345 e. The van der Waals surface area contributed by atoms with Crippen molar-refractivity contribution in [3.8, 4) is 0 Å². The molecule has 1 aromatic heterocycles. The summed E-state index contributed by atoms with van der Waals surface area (Å²) in [6.07, 6.45) is 7.04. The normalized spacial score (nSPS) is 15.9. The number of esters is 1. The van der Waals surface area contributed by atoms with Crippen molar-refractivity contribution >= 4 is 51.7 Å². The highest BCUT2D eigenvalue weighted by molar-refractivity contribution is 6.13. The summed E-state index contributed by atoms with van der Waals surface area (Å²) >= 11 is 0.